The van der Waals surface area contributed by atoms with Crippen molar-refractivity contribution in [3.05, 3.63) is 42.0 Å². The molecule has 1 saturated heterocycles. The molecule has 0 aromatic heterocycles. The molecule has 3 fully saturated rings. The first-order valence-corrected chi connectivity index (χ1v) is 11.9. The largest absolute Gasteiger partial charge is 0.342 e. The van der Waals surface area contributed by atoms with Gasteiger partial charge in [0.25, 0.3) is 5.91 Å². The van der Waals surface area contributed by atoms with Gasteiger partial charge in [-0.15, -0.1) is 0 Å². The van der Waals surface area contributed by atoms with Gasteiger partial charge in [-0.2, -0.15) is 0 Å². The number of likely N-dealkylation sites (tertiary alicyclic amines) is 1. The van der Waals surface area contributed by atoms with Gasteiger partial charge in [0.15, 0.2) is 0 Å². The number of para-hydroxylation sites is 1. The minimum absolute atomic E-state index is 0.00944. The van der Waals surface area contributed by atoms with Crippen LogP contribution in [-0.2, 0) is 9.59 Å². The first kappa shape index (κ1) is 20.6. The second kappa shape index (κ2) is 7.39. The highest BCUT2D eigenvalue weighted by molar-refractivity contribution is 5.96. The molecule has 2 saturated carbocycles. The number of amides is 2. The van der Waals surface area contributed by atoms with Crippen LogP contribution in [0.15, 0.2) is 42.0 Å². The number of hydrazine groups is 1. The van der Waals surface area contributed by atoms with Crippen LogP contribution in [0.4, 0.5) is 5.69 Å². The SMILES string of the molecule is CN1C(=O)CC[C@@]2(C)C1CC[C@@H]1[C@@H]2CC[C@]2(C)C(C(=O)NNc3ccccc3)=CC[C@@H]12. The molecule has 1 aromatic rings. The van der Waals surface area contributed by atoms with Crippen molar-refractivity contribution in [1.29, 1.82) is 0 Å². The number of allylic oxidation sites excluding steroid dienone is 1. The molecule has 2 N–H and O–H groups in total. The molecule has 3 aliphatic carbocycles. The fourth-order valence-electron chi connectivity index (χ4n) is 7.79. The van der Waals surface area contributed by atoms with E-state index in [0.717, 1.165) is 43.4 Å². The van der Waals surface area contributed by atoms with Gasteiger partial charge in [0.05, 0.1) is 5.69 Å². The van der Waals surface area contributed by atoms with E-state index >= 15 is 0 Å². The van der Waals surface area contributed by atoms with Gasteiger partial charge in [-0.3, -0.25) is 20.4 Å². The van der Waals surface area contributed by atoms with E-state index in [4.69, 9.17) is 0 Å². The van der Waals surface area contributed by atoms with Crippen LogP contribution in [0.5, 0.6) is 0 Å². The highest BCUT2D eigenvalue weighted by Crippen LogP contribution is 2.64. The predicted molar refractivity (Wildman–Crippen MR) is 122 cm³/mol. The van der Waals surface area contributed by atoms with Crippen molar-refractivity contribution < 1.29 is 9.59 Å². The van der Waals surface area contributed by atoms with Gasteiger partial charge in [-0.25, -0.2) is 0 Å². The van der Waals surface area contributed by atoms with Crippen molar-refractivity contribution in [2.45, 2.75) is 64.8 Å². The number of benzene rings is 1. The Labute approximate surface area is 185 Å². The third kappa shape index (κ3) is 3.11. The predicted octanol–water partition coefficient (Wildman–Crippen LogP) is 4.53. The molecule has 5 heteroatoms. The van der Waals surface area contributed by atoms with Crippen LogP contribution in [-0.4, -0.2) is 29.8 Å². The summed E-state index contributed by atoms with van der Waals surface area (Å²) >= 11 is 0. The second-order valence-electron chi connectivity index (χ2n) is 10.7. The Balaban J connectivity index is 1.32. The van der Waals surface area contributed by atoms with Gasteiger partial charge in [0.2, 0.25) is 5.91 Å². The molecule has 166 valence electrons. The Kier molecular flexibility index (Phi) is 4.91. The quantitative estimate of drug-likeness (QED) is 0.705. The maximum absolute atomic E-state index is 13.1. The molecule has 1 heterocycles. The van der Waals surface area contributed by atoms with Gasteiger partial charge >= 0.3 is 0 Å². The van der Waals surface area contributed by atoms with Crippen molar-refractivity contribution in [3.8, 4) is 0 Å². The van der Waals surface area contributed by atoms with Crippen molar-refractivity contribution >= 4 is 17.5 Å². The molecule has 31 heavy (non-hydrogen) atoms. The fraction of sp³-hybridized carbons (Fsp3) is 0.615. The van der Waals surface area contributed by atoms with E-state index in [0.29, 0.717) is 36.1 Å². The summed E-state index contributed by atoms with van der Waals surface area (Å²) in [5, 5.41) is 0. The zero-order valence-corrected chi connectivity index (χ0v) is 19.0. The van der Waals surface area contributed by atoms with Crippen LogP contribution in [0.2, 0.25) is 0 Å². The molecule has 1 aromatic carbocycles. The highest BCUT2D eigenvalue weighted by atomic mass is 16.2. The lowest BCUT2D eigenvalue weighted by Crippen LogP contribution is -2.61. The van der Waals surface area contributed by atoms with Crippen LogP contribution < -0.4 is 10.9 Å². The number of carbonyl (C=O) groups is 2. The summed E-state index contributed by atoms with van der Waals surface area (Å²) in [5.41, 5.74) is 8.01. The van der Waals surface area contributed by atoms with Crippen molar-refractivity contribution in [1.82, 2.24) is 10.3 Å². The Morgan fingerprint density at radius 2 is 1.84 bits per heavy atom. The third-order valence-electron chi connectivity index (χ3n) is 9.48. The average Bonchev–Trinajstić information content (AvgIpc) is 3.13. The van der Waals surface area contributed by atoms with E-state index in [1.54, 1.807) is 0 Å². The van der Waals surface area contributed by atoms with Gasteiger partial charge in [0, 0.05) is 30.5 Å². The minimum atomic E-state index is -0.0524. The van der Waals surface area contributed by atoms with Crippen LogP contribution in [0.3, 0.4) is 0 Å². The van der Waals surface area contributed by atoms with Crippen molar-refractivity contribution in [3.63, 3.8) is 0 Å². The number of rotatable bonds is 3. The molecule has 0 radical (unpaired) electrons. The van der Waals surface area contributed by atoms with Crippen LogP contribution in [0, 0.1) is 28.6 Å². The lowest BCUT2D eigenvalue weighted by molar-refractivity contribution is -0.156. The summed E-state index contributed by atoms with van der Waals surface area (Å²) in [6.45, 7) is 4.76. The monoisotopic (exact) mass is 421 g/mol. The van der Waals surface area contributed by atoms with E-state index in [-0.39, 0.29) is 16.7 Å². The van der Waals surface area contributed by atoms with E-state index in [1.165, 1.54) is 6.42 Å². The zero-order valence-electron chi connectivity index (χ0n) is 19.0. The average molecular weight is 422 g/mol. The molecular weight excluding hydrogens is 386 g/mol. The molecule has 4 aliphatic rings. The molecule has 0 spiro atoms. The number of piperidine rings is 1. The van der Waals surface area contributed by atoms with E-state index in [2.05, 4.69) is 35.7 Å². The number of nitrogens with zero attached hydrogens (tertiary/aromatic N) is 1. The first-order chi connectivity index (χ1) is 14.8. The molecule has 0 bridgehead atoms. The van der Waals surface area contributed by atoms with E-state index < -0.39 is 0 Å². The summed E-state index contributed by atoms with van der Waals surface area (Å²) in [6.07, 6.45) is 9.41. The number of fused-ring (bicyclic) bond motifs is 5. The smallest absolute Gasteiger partial charge is 0.265 e. The molecule has 2 amide bonds. The van der Waals surface area contributed by atoms with E-state index in [1.807, 2.05) is 37.4 Å². The molecule has 5 rings (SSSR count). The van der Waals surface area contributed by atoms with E-state index in [9.17, 15) is 9.59 Å². The number of anilines is 1. The molecular formula is C26H35N3O2. The number of hydrogen-bond acceptors (Lipinski definition) is 3. The lowest BCUT2D eigenvalue weighted by atomic mass is 9.47. The fourth-order valence-corrected chi connectivity index (χ4v) is 7.79. The zero-order chi connectivity index (χ0) is 21.8. The van der Waals surface area contributed by atoms with Crippen molar-refractivity contribution in [2.24, 2.45) is 28.6 Å². The number of hydrogen-bond donors (Lipinski definition) is 2. The van der Waals surface area contributed by atoms with Crippen LogP contribution in [0.1, 0.15) is 58.8 Å². The Bertz CT molecular complexity index is 912. The topological polar surface area (TPSA) is 61.4 Å². The first-order valence-electron chi connectivity index (χ1n) is 11.9. The number of nitrogens with one attached hydrogen (secondary N) is 2. The molecule has 1 aliphatic heterocycles. The van der Waals surface area contributed by atoms with Crippen LogP contribution >= 0.6 is 0 Å². The molecule has 1 unspecified atom stereocenters. The summed E-state index contributed by atoms with van der Waals surface area (Å²) < 4.78 is 0. The summed E-state index contributed by atoms with van der Waals surface area (Å²) in [6, 6.07) is 10.1. The maximum atomic E-state index is 13.1. The maximum Gasteiger partial charge on any atom is 0.265 e. The van der Waals surface area contributed by atoms with Gasteiger partial charge in [-0.1, -0.05) is 38.1 Å². The lowest BCUT2D eigenvalue weighted by Gasteiger charge is -2.61. The Morgan fingerprint density at radius 1 is 1.06 bits per heavy atom. The number of carbonyl (C=O) groups excluding carboxylic acids is 2. The Hall–Kier alpha value is -2.30. The Morgan fingerprint density at radius 3 is 2.61 bits per heavy atom. The standard InChI is InChI=1S/C26H35N3O2/c1-25-15-13-20-18(9-12-22-26(20,2)16-14-23(30)29(22)3)19(25)10-11-21(25)24(31)28-27-17-7-5-4-6-8-17/h4-8,11,18-20,22,27H,9-10,12-16H2,1-3H3,(H,28,31)/t18-,19-,20-,22?,25-,26+/m0/s1. The highest BCUT2D eigenvalue weighted by Gasteiger charge is 2.60. The molecule has 6 atom stereocenters. The van der Waals surface area contributed by atoms with Gasteiger partial charge in [-0.05, 0) is 73.8 Å². The van der Waals surface area contributed by atoms with Gasteiger partial charge < -0.3 is 4.90 Å². The van der Waals surface area contributed by atoms with Gasteiger partial charge in [0.1, 0.15) is 0 Å². The third-order valence-corrected chi connectivity index (χ3v) is 9.48. The summed E-state index contributed by atoms with van der Waals surface area (Å²) in [7, 11) is 2.01. The summed E-state index contributed by atoms with van der Waals surface area (Å²) in [4.78, 5) is 27.5. The van der Waals surface area contributed by atoms with Crippen LogP contribution in [0.25, 0.3) is 0 Å². The minimum Gasteiger partial charge on any atom is -0.342 e. The normalized spacial score (nSPS) is 39.1. The van der Waals surface area contributed by atoms with Crippen molar-refractivity contribution in [2.75, 3.05) is 12.5 Å². The molecule has 5 nitrogen and oxygen atoms in total. The second-order valence-corrected chi connectivity index (χ2v) is 10.7. The summed E-state index contributed by atoms with van der Waals surface area (Å²) in [5.74, 6) is 2.15.